The monoisotopic (exact) mass is 198 g/mol. The van der Waals surface area contributed by atoms with Crippen molar-refractivity contribution in [2.75, 3.05) is 0 Å². The number of carboxylic acids is 1. The molecule has 0 atom stereocenters. The number of aromatic amines is 1. The lowest BCUT2D eigenvalue weighted by Gasteiger charge is -2.02. The van der Waals surface area contributed by atoms with E-state index in [-0.39, 0.29) is 24.1 Å². The number of carbonyl (C=O) groups is 1. The lowest BCUT2D eigenvalue weighted by atomic mass is 10.3. The van der Waals surface area contributed by atoms with Gasteiger partial charge in [-0.25, -0.2) is 0 Å². The Balaban J connectivity index is 2.67. The number of nitrogens with zero attached hydrogens (tertiary/aromatic N) is 1. The number of nitrogens with one attached hydrogen (secondary N) is 1. The van der Waals surface area contributed by atoms with Gasteiger partial charge in [0.25, 0.3) is 11.1 Å². The summed E-state index contributed by atoms with van der Waals surface area (Å²) in [6, 6.07) is 2.29. The van der Waals surface area contributed by atoms with Gasteiger partial charge in [0, 0.05) is 25.1 Å². The lowest BCUT2D eigenvalue weighted by Crippen LogP contribution is -2.28. The third-order valence-electron chi connectivity index (χ3n) is 1.66. The Morgan fingerprint density at radius 3 is 2.79 bits per heavy atom. The Morgan fingerprint density at radius 1 is 1.43 bits per heavy atom. The Hall–Kier alpha value is -1.85. The highest BCUT2D eigenvalue weighted by Crippen LogP contribution is 1.89. The highest BCUT2D eigenvalue weighted by atomic mass is 16.4. The molecule has 1 aromatic rings. The second-order valence-corrected chi connectivity index (χ2v) is 2.80. The van der Waals surface area contributed by atoms with E-state index >= 15 is 0 Å². The molecule has 0 unspecified atom stereocenters. The van der Waals surface area contributed by atoms with Crippen LogP contribution in [0.4, 0.5) is 0 Å². The zero-order valence-corrected chi connectivity index (χ0v) is 7.40. The fraction of sp³-hybridized carbons (Fsp3) is 0.375. The molecule has 0 fully saturated rings. The Morgan fingerprint density at radius 2 is 2.14 bits per heavy atom. The summed E-state index contributed by atoms with van der Waals surface area (Å²) in [5.41, 5.74) is -0.713. The van der Waals surface area contributed by atoms with E-state index in [0.717, 1.165) is 16.8 Å². The highest BCUT2D eigenvalue weighted by Gasteiger charge is 1.99. The number of hydrogen-bond acceptors (Lipinski definition) is 3. The van der Waals surface area contributed by atoms with Crippen molar-refractivity contribution in [2.45, 2.75) is 19.4 Å². The van der Waals surface area contributed by atoms with Gasteiger partial charge in [0.05, 0.1) is 0 Å². The molecule has 0 aliphatic carbocycles. The van der Waals surface area contributed by atoms with Crippen LogP contribution in [0.15, 0.2) is 21.7 Å². The van der Waals surface area contributed by atoms with E-state index in [2.05, 4.69) is 5.10 Å². The lowest BCUT2D eigenvalue weighted by molar-refractivity contribution is -0.137. The molecule has 1 heterocycles. The molecule has 0 amide bonds. The van der Waals surface area contributed by atoms with Gasteiger partial charge in [-0.05, 0) is 6.42 Å². The van der Waals surface area contributed by atoms with Crippen molar-refractivity contribution >= 4 is 5.97 Å². The molecule has 76 valence electrons. The molecule has 0 spiro atoms. The summed E-state index contributed by atoms with van der Waals surface area (Å²) in [6.07, 6.45) is 0.290. The number of carboxylic acid groups (broad SMARTS) is 1. The Bertz CT molecular complexity index is 431. The minimum Gasteiger partial charge on any atom is -0.481 e. The smallest absolute Gasteiger partial charge is 0.303 e. The SMILES string of the molecule is O=C(O)CCCn1[nH]c(=O)ccc1=O. The summed E-state index contributed by atoms with van der Waals surface area (Å²) in [6.45, 7) is 0.210. The number of H-pyrrole nitrogens is 1. The van der Waals surface area contributed by atoms with Gasteiger partial charge in [-0.3, -0.25) is 24.2 Å². The van der Waals surface area contributed by atoms with Crippen LogP contribution in [0.3, 0.4) is 0 Å². The standard InChI is InChI=1S/C8H10N2O4/c11-6-3-4-7(12)10(9-6)5-1-2-8(13)14/h3-4H,1-2,5H2,(H,9,11)(H,13,14). The van der Waals surface area contributed by atoms with Crippen LogP contribution in [-0.4, -0.2) is 20.9 Å². The number of rotatable bonds is 4. The maximum absolute atomic E-state index is 11.1. The quantitative estimate of drug-likeness (QED) is 0.675. The van der Waals surface area contributed by atoms with Crippen LogP contribution < -0.4 is 11.1 Å². The zero-order chi connectivity index (χ0) is 10.6. The maximum Gasteiger partial charge on any atom is 0.303 e. The van der Waals surface area contributed by atoms with Crippen molar-refractivity contribution in [3.63, 3.8) is 0 Å². The Kier molecular flexibility index (Phi) is 3.22. The zero-order valence-electron chi connectivity index (χ0n) is 7.40. The van der Waals surface area contributed by atoms with Crippen molar-refractivity contribution in [1.29, 1.82) is 0 Å². The Labute approximate surface area is 78.8 Å². The summed E-state index contributed by atoms with van der Waals surface area (Å²) < 4.78 is 1.10. The van der Waals surface area contributed by atoms with Gasteiger partial charge in [-0.15, -0.1) is 0 Å². The molecule has 0 aromatic carbocycles. The third-order valence-corrected chi connectivity index (χ3v) is 1.66. The maximum atomic E-state index is 11.1. The van der Waals surface area contributed by atoms with E-state index in [0.29, 0.717) is 6.42 Å². The molecule has 1 rings (SSSR count). The van der Waals surface area contributed by atoms with E-state index in [4.69, 9.17) is 5.11 Å². The second kappa shape index (κ2) is 4.40. The van der Waals surface area contributed by atoms with Crippen molar-refractivity contribution in [3.05, 3.63) is 32.8 Å². The van der Waals surface area contributed by atoms with Crippen LogP contribution in [0, 0.1) is 0 Å². The second-order valence-electron chi connectivity index (χ2n) is 2.80. The molecule has 0 saturated heterocycles. The van der Waals surface area contributed by atoms with Crippen LogP contribution in [0.2, 0.25) is 0 Å². The summed E-state index contributed by atoms with van der Waals surface area (Å²) >= 11 is 0. The third kappa shape index (κ3) is 2.89. The van der Waals surface area contributed by atoms with E-state index in [9.17, 15) is 14.4 Å². The molecule has 1 aromatic heterocycles. The minimum absolute atomic E-state index is 0.0244. The van der Waals surface area contributed by atoms with Gasteiger partial charge in [0.15, 0.2) is 0 Å². The van der Waals surface area contributed by atoms with Crippen molar-refractivity contribution in [3.8, 4) is 0 Å². The topological polar surface area (TPSA) is 92.2 Å². The number of aliphatic carboxylic acids is 1. The largest absolute Gasteiger partial charge is 0.481 e. The van der Waals surface area contributed by atoms with Gasteiger partial charge >= 0.3 is 5.97 Å². The van der Waals surface area contributed by atoms with Gasteiger partial charge in [0.1, 0.15) is 0 Å². The fourth-order valence-corrected chi connectivity index (χ4v) is 1.02. The van der Waals surface area contributed by atoms with Crippen molar-refractivity contribution in [2.24, 2.45) is 0 Å². The van der Waals surface area contributed by atoms with Crippen molar-refractivity contribution < 1.29 is 9.90 Å². The summed E-state index contributed by atoms with van der Waals surface area (Å²) in [5.74, 6) is -0.920. The van der Waals surface area contributed by atoms with Crippen LogP contribution in [-0.2, 0) is 11.3 Å². The first-order valence-corrected chi connectivity index (χ1v) is 4.11. The number of hydrogen-bond donors (Lipinski definition) is 2. The first-order valence-electron chi connectivity index (χ1n) is 4.11. The van der Waals surface area contributed by atoms with Crippen LogP contribution >= 0.6 is 0 Å². The van der Waals surface area contributed by atoms with Gasteiger partial charge in [-0.1, -0.05) is 0 Å². The first kappa shape index (κ1) is 10.2. The van der Waals surface area contributed by atoms with E-state index in [1.54, 1.807) is 0 Å². The molecule has 14 heavy (non-hydrogen) atoms. The number of aromatic nitrogens is 2. The first-order chi connectivity index (χ1) is 6.59. The molecule has 6 nitrogen and oxygen atoms in total. The molecule has 0 saturated carbocycles. The van der Waals surface area contributed by atoms with Crippen LogP contribution in [0.25, 0.3) is 0 Å². The summed E-state index contributed by atoms with van der Waals surface area (Å²) in [4.78, 5) is 32.1. The predicted octanol–water partition coefficient (Wildman–Crippen LogP) is -0.599. The van der Waals surface area contributed by atoms with E-state index < -0.39 is 5.97 Å². The average molecular weight is 198 g/mol. The molecule has 0 aliphatic heterocycles. The molecular weight excluding hydrogens is 188 g/mol. The summed E-state index contributed by atoms with van der Waals surface area (Å²) in [7, 11) is 0. The highest BCUT2D eigenvalue weighted by molar-refractivity contribution is 5.66. The number of aryl methyl sites for hydroxylation is 1. The molecule has 0 radical (unpaired) electrons. The molecule has 6 heteroatoms. The van der Waals surface area contributed by atoms with Gasteiger partial charge < -0.3 is 5.11 Å². The minimum atomic E-state index is -0.920. The van der Waals surface area contributed by atoms with Gasteiger partial charge in [0.2, 0.25) is 0 Å². The molecular formula is C8H10N2O4. The molecule has 2 N–H and O–H groups in total. The predicted molar refractivity (Wildman–Crippen MR) is 48.2 cm³/mol. The summed E-state index contributed by atoms with van der Waals surface area (Å²) in [5, 5.41) is 10.7. The average Bonchev–Trinajstić information content (AvgIpc) is 2.10. The van der Waals surface area contributed by atoms with Gasteiger partial charge in [-0.2, -0.15) is 0 Å². The molecule has 0 aliphatic rings. The normalized spacial score (nSPS) is 10.0. The van der Waals surface area contributed by atoms with E-state index in [1.807, 2.05) is 0 Å². The van der Waals surface area contributed by atoms with E-state index in [1.165, 1.54) is 0 Å². The molecule has 0 bridgehead atoms. The van der Waals surface area contributed by atoms with Crippen LogP contribution in [0.5, 0.6) is 0 Å². The fourth-order valence-electron chi connectivity index (χ4n) is 1.02. The van der Waals surface area contributed by atoms with Crippen molar-refractivity contribution in [1.82, 2.24) is 9.78 Å². The van der Waals surface area contributed by atoms with Crippen LogP contribution in [0.1, 0.15) is 12.8 Å².